The van der Waals surface area contributed by atoms with Gasteiger partial charge < -0.3 is 62.7 Å². The maximum atomic E-state index is 14.4. The van der Waals surface area contributed by atoms with Gasteiger partial charge in [0.2, 0.25) is 0 Å². The number of carbonyl (C=O) groups excluding carboxylic acids is 1. The van der Waals surface area contributed by atoms with E-state index >= 15 is 0 Å². The van der Waals surface area contributed by atoms with Crippen LogP contribution in [0.4, 0.5) is 0 Å². The van der Waals surface area contributed by atoms with Gasteiger partial charge in [-0.2, -0.15) is 0 Å². The molecule has 352 valence electrons. The fourth-order valence-electron chi connectivity index (χ4n) is 11.3. The van der Waals surface area contributed by atoms with Crippen LogP contribution in [0, 0.1) is 29.6 Å². The van der Waals surface area contributed by atoms with Gasteiger partial charge >= 0.3 is 5.97 Å². The van der Waals surface area contributed by atoms with Gasteiger partial charge in [-0.15, -0.1) is 0 Å². The van der Waals surface area contributed by atoms with Crippen LogP contribution in [0.2, 0.25) is 0 Å². The first-order valence-electron chi connectivity index (χ1n) is 23.5. The molecule has 0 radical (unpaired) electrons. The number of methoxy groups -OCH3 is 2. The summed E-state index contributed by atoms with van der Waals surface area (Å²) in [5, 5.41) is 34.4. The molecule has 0 aromatic carbocycles. The number of aliphatic hydroxyl groups is 3. The van der Waals surface area contributed by atoms with Crippen molar-refractivity contribution in [2.45, 2.75) is 210 Å². The van der Waals surface area contributed by atoms with Crippen LogP contribution in [-0.2, 0) is 52.2 Å². The molecule has 6 heterocycles. The summed E-state index contributed by atoms with van der Waals surface area (Å²) >= 11 is 0. The molecular formula is C48H76O14. The first-order chi connectivity index (χ1) is 29.5. The van der Waals surface area contributed by atoms with Gasteiger partial charge in [0.15, 0.2) is 18.4 Å². The highest BCUT2D eigenvalue weighted by Crippen LogP contribution is 2.49. The summed E-state index contributed by atoms with van der Waals surface area (Å²) in [4.78, 5) is 14.4. The van der Waals surface area contributed by atoms with Gasteiger partial charge in [0.25, 0.3) is 0 Å². The SMILES string of the molecule is CC[C@H](C)[C@H]1O[C@]2(C=C[C@@H]1C)C[C@@H]1C[C@@H](C/C=C(\C)[C@@H](O[C@H]3C[C@H](OC)[C@@H](O[C@H]4C[C@H](OC)[C@@H](O)[C@H](C)O4)[C@H](C)O3)[C@@H](C)CCCC3COC4[C@H](O)C(C)=C[C@@H](C(=O)O1)[C@]34O)O2. The average Bonchev–Trinajstić information content (AvgIpc) is 3.58. The summed E-state index contributed by atoms with van der Waals surface area (Å²) in [7, 11) is 3.24. The number of hydrogen-bond donors (Lipinski definition) is 3. The van der Waals surface area contributed by atoms with Crippen molar-refractivity contribution in [3.63, 3.8) is 0 Å². The number of hydrogen-bond acceptors (Lipinski definition) is 14. The molecule has 0 aromatic heterocycles. The van der Waals surface area contributed by atoms with E-state index in [4.69, 9.17) is 47.4 Å². The molecule has 6 aliphatic heterocycles. The van der Waals surface area contributed by atoms with Crippen LogP contribution in [0.3, 0.4) is 0 Å². The van der Waals surface area contributed by atoms with Crippen molar-refractivity contribution < 1.29 is 67.5 Å². The van der Waals surface area contributed by atoms with Crippen LogP contribution in [0.25, 0.3) is 0 Å². The number of aliphatic hydroxyl groups excluding tert-OH is 2. The zero-order valence-corrected chi connectivity index (χ0v) is 38.7. The Morgan fingerprint density at radius 3 is 2.34 bits per heavy atom. The molecule has 4 saturated heterocycles. The van der Waals surface area contributed by atoms with Gasteiger partial charge in [-0.3, -0.25) is 4.79 Å². The molecule has 21 atom stereocenters. The number of fused-ring (bicyclic) bond motifs is 2. The topological polar surface area (TPSA) is 170 Å². The van der Waals surface area contributed by atoms with E-state index < -0.39 is 90.6 Å². The number of esters is 1. The lowest BCUT2D eigenvalue weighted by Gasteiger charge is -2.48. The van der Waals surface area contributed by atoms with Gasteiger partial charge in [0.1, 0.15) is 42.0 Å². The molecule has 0 aromatic rings. The predicted molar refractivity (Wildman–Crippen MR) is 227 cm³/mol. The van der Waals surface area contributed by atoms with Crippen LogP contribution in [0.1, 0.15) is 113 Å². The predicted octanol–water partition coefficient (Wildman–Crippen LogP) is 5.68. The van der Waals surface area contributed by atoms with E-state index in [-0.39, 0.29) is 48.8 Å². The van der Waals surface area contributed by atoms with Gasteiger partial charge in [-0.1, -0.05) is 58.8 Å². The Morgan fingerprint density at radius 1 is 0.903 bits per heavy atom. The molecule has 4 fully saturated rings. The van der Waals surface area contributed by atoms with Crippen molar-refractivity contribution in [3.05, 3.63) is 35.5 Å². The van der Waals surface area contributed by atoms with Gasteiger partial charge in [0, 0.05) is 51.7 Å². The maximum absolute atomic E-state index is 14.4. The van der Waals surface area contributed by atoms with Crippen molar-refractivity contribution in [2.24, 2.45) is 29.6 Å². The first-order valence-corrected chi connectivity index (χ1v) is 23.5. The Morgan fingerprint density at radius 2 is 1.61 bits per heavy atom. The zero-order chi connectivity index (χ0) is 44.7. The fraction of sp³-hybridized carbons (Fsp3) is 0.854. The van der Waals surface area contributed by atoms with E-state index in [0.29, 0.717) is 44.1 Å². The molecule has 0 saturated carbocycles. The second-order valence-corrected chi connectivity index (χ2v) is 19.7. The average molecular weight is 877 g/mol. The minimum Gasteiger partial charge on any atom is -0.462 e. The smallest absolute Gasteiger partial charge is 0.316 e. The molecule has 14 nitrogen and oxygen atoms in total. The summed E-state index contributed by atoms with van der Waals surface area (Å²) < 4.78 is 64.0. The fourth-order valence-corrected chi connectivity index (χ4v) is 11.3. The molecule has 62 heavy (non-hydrogen) atoms. The summed E-state index contributed by atoms with van der Waals surface area (Å²) in [6.45, 7) is 16.5. The van der Waals surface area contributed by atoms with Crippen LogP contribution in [0.5, 0.6) is 0 Å². The highest BCUT2D eigenvalue weighted by atomic mass is 16.7. The minimum absolute atomic E-state index is 0.0314. The first kappa shape index (κ1) is 48.2. The van der Waals surface area contributed by atoms with Gasteiger partial charge in [0.05, 0.1) is 49.3 Å². The second kappa shape index (κ2) is 20.0. The van der Waals surface area contributed by atoms with Crippen LogP contribution in [0.15, 0.2) is 35.5 Å². The molecule has 2 unspecified atom stereocenters. The number of ether oxygens (including phenoxy) is 10. The van der Waals surface area contributed by atoms with E-state index in [1.165, 1.54) is 0 Å². The van der Waals surface area contributed by atoms with Crippen LogP contribution < -0.4 is 0 Å². The molecule has 0 amide bonds. The molecule has 1 aliphatic carbocycles. The maximum Gasteiger partial charge on any atom is 0.316 e. The van der Waals surface area contributed by atoms with Crippen molar-refractivity contribution in [1.82, 2.24) is 0 Å². The Hall–Kier alpha value is -1.79. The molecule has 2 bridgehead atoms. The number of rotatable bonds is 8. The normalized spacial score (nSPS) is 49.3. The van der Waals surface area contributed by atoms with Crippen molar-refractivity contribution >= 4 is 5.97 Å². The van der Waals surface area contributed by atoms with E-state index in [9.17, 15) is 20.1 Å². The molecule has 14 heteroatoms. The minimum atomic E-state index is -1.65. The molecule has 7 rings (SSSR count). The third-order valence-corrected chi connectivity index (χ3v) is 15.3. The summed E-state index contributed by atoms with van der Waals surface area (Å²) in [5.74, 6) is -2.53. The van der Waals surface area contributed by atoms with Crippen molar-refractivity contribution in [2.75, 3.05) is 20.8 Å². The lowest BCUT2D eigenvalue weighted by molar-refractivity contribution is -0.319. The molecular weight excluding hydrogens is 801 g/mol. The molecule has 1 spiro atoms. The third kappa shape index (κ3) is 9.83. The largest absolute Gasteiger partial charge is 0.462 e. The quantitative estimate of drug-likeness (QED) is 0.201. The second-order valence-electron chi connectivity index (χ2n) is 19.7. The van der Waals surface area contributed by atoms with Crippen LogP contribution in [-0.4, -0.2) is 139 Å². The third-order valence-electron chi connectivity index (χ3n) is 15.3. The Kier molecular flexibility index (Phi) is 15.5. The summed E-state index contributed by atoms with van der Waals surface area (Å²) in [5.41, 5.74) is -0.0302. The van der Waals surface area contributed by atoms with E-state index in [2.05, 4.69) is 46.8 Å². The highest BCUT2D eigenvalue weighted by molar-refractivity contribution is 5.77. The van der Waals surface area contributed by atoms with Crippen molar-refractivity contribution in [1.29, 1.82) is 0 Å². The van der Waals surface area contributed by atoms with E-state index in [1.807, 2.05) is 19.9 Å². The summed E-state index contributed by atoms with van der Waals surface area (Å²) in [6.07, 6.45) is 5.81. The summed E-state index contributed by atoms with van der Waals surface area (Å²) in [6, 6.07) is 0. The van der Waals surface area contributed by atoms with Gasteiger partial charge in [-0.25, -0.2) is 0 Å². The van der Waals surface area contributed by atoms with E-state index in [0.717, 1.165) is 24.8 Å². The zero-order valence-electron chi connectivity index (χ0n) is 38.7. The number of carbonyl (C=O) groups is 1. The van der Waals surface area contributed by atoms with E-state index in [1.54, 1.807) is 27.2 Å². The molecule has 3 N–H and O–H groups in total. The van der Waals surface area contributed by atoms with Gasteiger partial charge in [-0.05, 0) is 76.0 Å². The Labute approximate surface area is 368 Å². The lowest BCUT2D eigenvalue weighted by Crippen LogP contribution is -2.60. The van der Waals surface area contributed by atoms with Crippen molar-refractivity contribution in [3.8, 4) is 0 Å². The highest BCUT2D eigenvalue weighted by Gasteiger charge is 2.62. The Bertz CT molecular complexity index is 1620. The van der Waals surface area contributed by atoms with Crippen LogP contribution >= 0.6 is 0 Å². The lowest BCUT2D eigenvalue weighted by atomic mass is 9.67. The standard InChI is InChI=1S/C48H76O14/c1-11-25(2)43-28(5)17-18-47(62-43)23-34-20-33(61-47)16-15-27(4)42(26(3)13-12-14-32-24-55-45-40(49)29(6)19-35(46(51)58-34)48(32,45)52)59-39-22-37(54-10)44(31(8)57-39)60-38-21-36(53-9)41(50)30(7)56-38/h15,17-19,25-26,28,30-45,49-50,52H,11-14,16,20-24H2,1-10H3/b27-15+/t25-,26-,28-,30-,31-,32?,33+,34-,35-,36-,37-,38-,39-,40+,41-,42-,43+,44-,45?,47+,48+/m0/s1. The molecule has 7 aliphatic rings. The monoisotopic (exact) mass is 877 g/mol. The Balaban J connectivity index is 1.15.